The number of halogens is 3. The zero-order valence-electron chi connectivity index (χ0n) is 11.8. The lowest BCUT2D eigenvalue weighted by Gasteiger charge is -2.37. The summed E-state index contributed by atoms with van der Waals surface area (Å²) in [5.41, 5.74) is -1.64. The number of carboxylic acids is 1. The van der Waals surface area contributed by atoms with E-state index in [1.165, 1.54) is 4.90 Å². The molecule has 4 nitrogen and oxygen atoms in total. The van der Waals surface area contributed by atoms with Crippen LogP contribution < -0.4 is 4.90 Å². The zero-order chi connectivity index (χ0) is 16.4. The molecule has 21 heavy (non-hydrogen) atoms. The molecule has 1 N–H and O–H groups in total. The summed E-state index contributed by atoms with van der Waals surface area (Å²) >= 11 is 0. The van der Waals surface area contributed by atoms with Gasteiger partial charge in [0.1, 0.15) is 12.6 Å². The Morgan fingerprint density at radius 3 is 2.29 bits per heavy atom. The maximum atomic E-state index is 12.7. The molecule has 0 fully saturated rings. The Bertz CT molecular complexity index is 583. The first kappa shape index (κ1) is 16.8. The lowest BCUT2D eigenvalue weighted by molar-refractivity contribution is -0.138. The number of alkyl halides is 3. The van der Waals surface area contributed by atoms with Gasteiger partial charge in [-0.15, -0.1) is 0 Å². The van der Waals surface area contributed by atoms with Crippen molar-refractivity contribution >= 4 is 11.7 Å². The van der Waals surface area contributed by atoms with E-state index >= 15 is 0 Å². The van der Waals surface area contributed by atoms with E-state index in [1.54, 1.807) is 26.8 Å². The molecule has 1 rings (SSSR count). The van der Waals surface area contributed by atoms with Crippen LogP contribution in [-0.2, 0) is 11.0 Å². The van der Waals surface area contributed by atoms with E-state index in [4.69, 9.17) is 10.4 Å². The highest BCUT2D eigenvalue weighted by atomic mass is 19.4. The summed E-state index contributed by atoms with van der Waals surface area (Å²) < 4.78 is 38.0. The van der Waals surface area contributed by atoms with Gasteiger partial charge in [0.05, 0.1) is 16.8 Å². The fourth-order valence-electron chi connectivity index (χ4n) is 1.86. The highest BCUT2D eigenvalue weighted by Gasteiger charge is 2.33. The molecule has 0 aliphatic heterocycles. The van der Waals surface area contributed by atoms with E-state index in [1.807, 2.05) is 0 Å². The van der Waals surface area contributed by atoms with Crippen molar-refractivity contribution < 1.29 is 23.1 Å². The van der Waals surface area contributed by atoms with Gasteiger partial charge in [0.25, 0.3) is 0 Å². The van der Waals surface area contributed by atoms with Crippen LogP contribution in [0.25, 0.3) is 0 Å². The van der Waals surface area contributed by atoms with Crippen LogP contribution in [-0.4, -0.2) is 23.2 Å². The SMILES string of the molecule is CC(C)(C)N(CC(=O)O)c1ccc(C(F)(F)F)cc1C#N. The third-order valence-corrected chi connectivity index (χ3v) is 2.84. The molecule has 0 unspecified atom stereocenters. The number of carboxylic acid groups (broad SMARTS) is 1. The van der Waals surface area contributed by atoms with E-state index in [2.05, 4.69) is 0 Å². The smallest absolute Gasteiger partial charge is 0.416 e. The monoisotopic (exact) mass is 300 g/mol. The average Bonchev–Trinajstić information content (AvgIpc) is 2.32. The van der Waals surface area contributed by atoms with Crippen molar-refractivity contribution in [2.45, 2.75) is 32.5 Å². The third-order valence-electron chi connectivity index (χ3n) is 2.84. The number of benzene rings is 1. The van der Waals surface area contributed by atoms with E-state index in [0.717, 1.165) is 18.2 Å². The summed E-state index contributed by atoms with van der Waals surface area (Å²) in [5, 5.41) is 18.0. The summed E-state index contributed by atoms with van der Waals surface area (Å²) in [6.07, 6.45) is -4.55. The van der Waals surface area contributed by atoms with Crippen LogP contribution in [0, 0.1) is 11.3 Å². The van der Waals surface area contributed by atoms with Crippen molar-refractivity contribution in [1.29, 1.82) is 5.26 Å². The Hall–Kier alpha value is -2.23. The van der Waals surface area contributed by atoms with Crippen molar-refractivity contribution in [3.05, 3.63) is 29.3 Å². The molecular formula is C14H15F3N2O2. The van der Waals surface area contributed by atoms with Gasteiger partial charge in [-0.1, -0.05) is 0 Å². The molecule has 1 aromatic carbocycles. The molecule has 0 aliphatic carbocycles. The molecule has 0 atom stereocenters. The number of nitriles is 1. The molecule has 0 saturated carbocycles. The normalized spacial score (nSPS) is 11.9. The second-order valence-corrected chi connectivity index (χ2v) is 5.49. The maximum Gasteiger partial charge on any atom is 0.416 e. The minimum absolute atomic E-state index is 0.167. The summed E-state index contributed by atoms with van der Waals surface area (Å²) in [5.74, 6) is -1.13. The van der Waals surface area contributed by atoms with Gasteiger partial charge < -0.3 is 10.0 Å². The first-order valence-corrected chi connectivity index (χ1v) is 6.07. The molecule has 0 amide bonds. The van der Waals surface area contributed by atoms with E-state index in [0.29, 0.717) is 0 Å². The fourth-order valence-corrected chi connectivity index (χ4v) is 1.86. The van der Waals surface area contributed by atoms with E-state index in [-0.39, 0.29) is 11.3 Å². The Balaban J connectivity index is 3.40. The van der Waals surface area contributed by atoms with Crippen molar-refractivity contribution in [2.24, 2.45) is 0 Å². The second kappa shape index (κ2) is 5.64. The van der Waals surface area contributed by atoms with Gasteiger partial charge in [0.15, 0.2) is 0 Å². The summed E-state index contributed by atoms with van der Waals surface area (Å²) in [6.45, 7) is 4.74. The van der Waals surface area contributed by atoms with Crippen LogP contribution in [0.4, 0.5) is 18.9 Å². The fraction of sp³-hybridized carbons (Fsp3) is 0.429. The lowest BCUT2D eigenvalue weighted by Crippen LogP contribution is -2.45. The molecule has 114 valence electrons. The molecule has 0 heterocycles. The summed E-state index contributed by atoms with van der Waals surface area (Å²) in [6, 6.07) is 4.41. The van der Waals surface area contributed by atoms with Crippen LogP contribution >= 0.6 is 0 Å². The Morgan fingerprint density at radius 1 is 1.33 bits per heavy atom. The highest BCUT2D eigenvalue weighted by molar-refractivity contribution is 5.76. The van der Waals surface area contributed by atoms with Gasteiger partial charge in [0, 0.05) is 5.54 Å². The molecule has 0 spiro atoms. The average molecular weight is 300 g/mol. The molecule has 7 heteroatoms. The molecule has 0 bridgehead atoms. The number of hydrogen-bond acceptors (Lipinski definition) is 3. The van der Waals surface area contributed by atoms with Crippen LogP contribution in [0.5, 0.6) is 0 Å². The molecule has 0 radical (unpaired) electrons. The topological polar surface area (TPSA) is 64.3 Å². The Morgan fingerprint density at radius 2 is 1.90 bits per heavy atom. The van der Waals surface area contributed by atoms with Crippen molar-refractivity contribution in [1.82, 2.24) is 0 Å². The lowest BCUT2D eigenvalue weighted by atomic mass is 10.0. The number of nitrogens with zero attached hydrogens (tertiary/aromatic N) is 2. The minimum Gasteiger partial charge on any atom is -0.480 e. The van der Waals surface area contributed by atoms with Crippen molar-refractivity contribution in [3.63, 3.8) is 0 Å². The summed E-state index contributed by atoms with van der Waals surface area (Å²) in [7, 11) is 0. The van der Waals surface area contributed by atoms with Gasteiger partial charge in [-0.3, -0.25) is 4.79 Å². The van der Waals surface area contributed by atoms with Crippen molar-refractivity contribution in [3.8, 4) is 6.07 Å². The van der Waals surface area contributed by atoms with Gasteiger partial charge in [-0.2, -0.15) is 18.4 Å². The number of anilines is 1. The van der Waals surface area contributed by atoms with Crippen molar-refractivity contribution in [2.75, 3.05) is 11.4 Å². The van der Waals surface area contributed by atoms with Gasteiger partial charge >= 0.3 is 12.1 Å². The highest BCUT2D eigenvalue weighted by Crippen LogP contribution is 2.34. The summed E-state index contributed by atoms with van der Waals surface area (Å²) in [4.78, 5) is 12.3. The first-order chi connectivity index (χ1) is 9.46. The Labute approximate surface area is 120 Å². The van der Waals surface area contributed by atoms with E-state index in [9.17, 15) is 18.0 Å². The van der Waals surface area contributed by atoms with Crippen LogP contribution in [0.3, 0.4) is 0 Å². The largest absolute Gasteiger partial charge is 0.480 e. The number of carbonyl (C=O) groups is 1. The standard InChI is InChI=1S/C14H15F3N2O2/c1-13(2,3)19(8-12(20)21)11-5-4-10(14(15,16)17)6-9(11)7-18/h4-6H,8H2,1-3H3,(H,20,21). The van der Waals surface area contributed by atoms with Gasteiger partial charge in [0.2, 0.25) is 0 Å². The molecular weight excluding hydrogens is 285 g/mol. The van der Waals surface area contributed by atoms with E-state index < -0.39 is 29.8 Å². The molecule has 0 saturated heterocycles. The molecule has 0 aromatic heterocycles. The maximum absolute atomic E-state index is 12.7. The Kier molecular flexibility index (Phi) is 4.52. The van der Waals surface area contributed by atoms with Gasteiger partial charge in [-0.25, -0.2) is 0 Å². The van der Waals surface area contributed by atoms with Crippen LogP contribution in [0.2, 0.25) is 0 Å². The van der Waals surface area contributed by atoms with Crippen LogP contribution in [0.1, 0.15) is 31.9 Å². The quantitative estimate of drug-likeness (QED) is 0.930. The van der Waals surface area contributed by atoms with Crippen LogP contribution in [0.15, 0.2) is 18.2 Å². The predicted octanol–water partition coefficient (Wildman–Crippen LogP) is 3.27. The third kappa shape index (κ3) is 4.12. The second-order valence-electron chi connectivity index (χ2n) is 5.49. The number of hydrogen-bond donors (Lipinski definition) is 1. The minimum atomic E-state index is -4.55. The number of rotatable bonds is 3. The zero-order valence-corrected chi connectivity index (χ0v) is 11.8. The first-order valence-electron chi connectivity index (χ1n) is 6.07. The molecule has 0 aliphatic rings. The number of aliphatic carboxylic acids is 1. The van der Waals surface area contributed by atoms with Gasteiger partial charge in [-0.05, 0) is 39.0 Å². The molecule has 1 aromatic rings. The predicted molar refractivity (Wildman–Crippen MR) is 70.9 cm³/mol.